The molecule has 5 N–H and O–H groups in total. The summed E-state index contributed by atoms with van der Waals surface area (Å²) in [6.45, 7) is 4.18. The number of nitrogens with one attached hydrogen (secondary N) is 2. The molecule has 0 unspecified atom stereocenters. The number of ether oxygens (including phenoxy) is 1. The number of nitrogens with zero attached hydrogens (tertiary/aromatic N) is 3. The molecule has 1 fully saturated rings. The van der Waals surface area contributed by atoms with Gasteiger partial charge in [0.1, 0.15) is 0 Å². The fraction of sp³-hybridized carbons (Fsp3) is 0.769. The monoisotopic (exact) mass is 296 g/mol. The van der Waals surface area contributed by atoms with E-state index in [4.69, 9.17) is 10.6 Å². The van der Waals surface area contributed by atoms with E-state index in [1.165, 1.54) is 6.42 Å². The van der Waals surface area contributed by atoms with Gasteiger partial charge in [0.05, 0.1) is 11.7 Å². The third-order valence-corrected chi connectivity index (χ3v) is 3.44. The number of rotatable bonds is 6. The molecule has 1 aromatic heterocycles. The number of anilines is 2. The third kappa shape index (κ3) is 4.68. The van der Waals surface area contributed by atoms with Crippen LogP contribution in [0.25, 0.3) is 0 Å². The van der Waals surface area contributed by atoms with Gasteiger partial charge in [-0.1, -0.05) is 19.3 Å². The molecule has 1 aliphatic rings. The summed E-state index contributed by atoms with van der Waals surface area (Å²) in [4.78, 5) is 12.3. The first kappa shape index (κ1) is 15.7. The van der Waals surface area contributed by atoms with Crippen molar-refractivity contribution < 1.29 is 9.84 Å². The number of nitrogen functional groups attached to an aromatic ring is 1. The maximum atomic E-state index is 10.5. The highest BCUT2D eigenvalue weighted by Crippen LogP contribution is 2.28. The van der Waals surface area contributed by atoms with Crippen molar-refractivity contribution in [3.8, 4) is 6.01 Å². The highest BCUT2D eigenvalue weighted by Gasteiger charge is 2.29. The molecular formula is C13H24N6O2. The van der Waals surface area contributed by atoms with E-state index in [-0.39, 0.29) is 18.1 Å². The second-order valence-electron chi connectivity index (χ2n) is 5.71. The molecule has 0 radical (unpaired) electrons. The minimum absolute atomic E-state index is 0.0478. The lowest BCUT2D eigenvalue weighted by molar-refractivity contribution is 0.0165. The van der Waals surface area contributed by atoms with Gasteiger partial charge in [-0.15, -0.1) is 0 Å². The Labute approximate surface area is 124 Å². The van der Waals surface area contributed by atoms with Gasteiger partial charge in [0, 0.05) is 6.54 Å². The van der Waals surface area contributed by atoms with Crippen molar-refractivity contribution in [3.05, 3.63) is 0 Å². The summed E-state index contributed by atoms with van der Waals surface area (Å²) in [6.07, 6.45) is 4.82. The second kappa shape index (κ2) is 6.86. The van der Waals surface area contributed by atoms with Gasteiger partial charge in [0.25, 0.3) is 0 Å². The fourth-order valence-corrected chi connectivity index (χ4v) is 2.39. The summed E-state index contributed by atoms with van der Waals surface area (Å²) in [5.74, 6) is 5.91. The van der Waals surface area contributed by atoms with Crippen molar-refractivity contribution in [2.24, 2.45) is 5.84 Å². The Morgan fingerprint density at radius 3 is 2.48 bits per heavy atom. The molecule has 0 atom stereocenters. The topological polar surface area (TPSA) is 118 Å². The van der Waals surface area contributed by atoms with Gasteiger partial charge in [0.2, 0.25) is 11.9 Å². The normalized spacial score (nSPS) is 17.6. The predicted molar refractivity (Wildman–Crippen MR) is 79.9 cm³/mol. The third-order valence-electron chi connectivity index (χ3n) is 3.44. The van der Waals surface area contributed by atoms with E-state index in [9.17, 15) is 5.11 Å². The van der Waals surface area contributed by atoms with E-state index < -0.39 is 5.60 Å². The van der Waals surface area contributed by atoms with Crippen LogP contribution in [0, 0.1) is 0 Å². The minimum Gasteiger partial charge on any atom is -0.461 e. The Morgan fingerprint density at radius 1 is 1.19 bits per heavy atom. The first-order chi connectivity index (χ1) is 10.0. The van der Waals surface area contributed by atoms with Gasteiger partial charge in [-0.25, -0.2) is 5.84 Å². The van der Waals surface area contributed by atoms with E-state index in [1.807, 2.05) is 13.8 Å². The lowest BCUT2D eigenvalue weighted by Crippen LogP contribution is -2.39. The summed E-state index contributed by atoms with van der Waals surface area (Å²) in [6, 6.07) is 0.200. The summed E-state index contributed by atoms with van der Waals surface area (Å²) in [7, 11) is 0. The maximum absolute atomic E-state index is 10.5. The van der Waals surface area contributed by atoms with E-state index in [2.05, 4.69) is 25.7 Å². The SMILES string of the molecule is CC(C)Oc1nc(NN)nc(NCC2(O)CCCCC2)n1. The Morgan fingerprint density at radius 2 is 1.86 bits per heavy atom. The molecule has 1 aromatic rings. The first-order valence-corrected chi connectivity index (χ1v) is 7.36. The number of aromatic nitrogens is 3. The van der Waals surface area contributed by atoms with Gasteiger partial charge in [-0.05, 0) is 26.7 Å². The molecule has 1 saturated carbocycles. The van der Waals surface area contributed by atoms with Crippen molar-refractivity contribution in [2.75, 3.05) is 17.3 Å². The van der Waals surface area contributed by atoms with Gasteiger partial charge < -0.3 is 15.2 Å². The lowest BCUT2D eigenvalue weighted by Gasteiger charge is -2.32. The van der Waals surface area contributed by atoms with Crippen LogP contribution in [-0.2, 0) is 0 Å². The summed E-state index contributed by atoms with van der Waals surface area (Å²) in [5, 5.41) is 13.5. The summed E-state index contributed by atoms with van der Waals surface area (Å²) >= 11 is 0. The van der Waals surface area contributed by atoms with Crippen LogP contribution >= 0.6 is 0 Å². The molecule has 0 aromatic carbocycles. The fourth-order valence-electron chi connectivity index (χ4n) is 2.39. The lowest BCUT2D eigenvalue weighted by atomic mass is 9.85. The molecule has 118 valence electrons. The maximum Gasteiger partial charge on any atom is 0.323 e. The van der Waals surface area contributed by atoms with Crippen molar-refractivity contribution in [3.63, 3.8) is 0 Å². The molecule has 1 heterocycles. The number of hydrazine groups is 1. The Bertz CT molecular complexity index is 462. The van der Waals surface area contributed by atoms with Crippen molar-refractivity contribution in [1.82, 2.24) is 15.0 Å². The average Bonchev–Trinajstić information content (AvgIpc) is 2.45. The second-order valence-corrected chi connectivity index (χ2v) is 5.71. The van der Waals surface area contributed by atoms with Crippen LogP contribution in [0.4, 0.5) is 11.9 Å². The zero-order chi connectivity index (χ0) is 15.3. The standard InChI is InChI=1S/C13H24N6O2/c1-9(2)21-12-17-10(16-11(18-12)19-14)15-8-13(20)6-4-3-5-7-13/h9,20H,3-8,14H2,1-2H3,(H2,15,16,17,18,19). The van der Waals surface area contributed by atoms with Crippen molar-refractivity contribution in [2.45, 2.75) is 57.7 Å². The van der Waals surface area contributed by atoms with Gasteiger partial charge in [-0.3, -0.25) is 5.43 Å². The van der Waals surface area contributed by atoms with E-state index in [0.717, 1.165) is 25.7 Å². The zero-order valence-electron chi connectivity index (χ0n) is 12.6. The number of nitrogens with two attached hydrogens (primary N) is 1. The summed E-state index contributed by atoms with van der Waals surface area (Å²) < 4.78 is 5.45. The van der Waals surface area contributed by atoms with Crippen LogP contribution in [0.3, 0.4) is 0 Å². The van der Waals surface area contributed by atoms with Gasteiger partial charge in [0.15, 0.2) is 0 Å². The molecule has 0 spiro atoms. The van der Waals surface area contributed by atoms with Crippen LogP contribution in [0.15, 0.2) is 0 Å². The van der Waals surface area contributed by atoms with Gasteiger partial charge in [-0.2, -0.15) is 15.0 Å². The molecule has 8 heteroatoms. The number of aliphatic hydroxyl groups is 1. The van der Waals surface area contributed by atoms with Crippen molar-refractivity contribution in [1.29, 1.82) is 0 Å². The number of hydrogen-bond donors (Lipinski definition) is 4. The molecule has 1 aliphatic carbocycles. The molecule has 0 bridgehead atoms. The Balaban J connectivity index is 2.04. The zero-order valence-corrected chi connectivity index (χ0v) is 12.6. The highest BCUT2D eigenvalue weighted by atomic mass is 16.5. The Hall–Kier alpha value is -1.67. The number of hydrogen-bond acceptors (Lipinski definition) is 8. The highest BCUT2D eigenvalue weighted by molar-refractivity contribution is 5.35. The largest absolute Gasteiger partial charge is 0.461 e. The van der Waals surface area contributed by atoms with E-state index >= 15 is 0 Å². The van der Waals surface area contributed by atoms with Crippen LogP contribution in [-0.4, -0.2) is 38.3 Å². The quantitative estimate of drug-likeness (QED) is 0.454. The first-order valence-electron chi connectivity index (χ1n) is 7.36. The molecular weight excluding hydrogens is 272 g/mol. The van der Waals surface area contributed by atoms with Crippen molar-refractivity contribution >= 4 is 11.9 Å². The predicted octanol–water partition coefficient (Wildman–Crippen LogP) is 1.05. The molecule has 0 saturated heterocycles. The van der Waals surface area contributed by atoms with E-state index in [0.29, 0.717) is 12.5 Å². The van der Waals surface area contributed by atoms with Crippen LogP contribution in [0.1, 0.15) is 46.0 Å². The summed E-state index contributed by atoms with van der Waals surface area (Å²) in [5.41, 5.74) is 1.69. The molecule has 0 amide bonds. The van der Waals surface area contributed by atoms with Crippen LogP contribution < -0.4 is 21.3 Å². The van der Waals surface area contributed by atoms with Gasteiger partial charge >= 0.3 is 6.01 Å². The van der Waals surface area contributed by atoms with Crippen LogP contribution in [0.5, 0.6) is 6.01 Å². The smallest absolute Gasteiger partial charge is 0.323 e. The average molecular weight is 296 g/mol. The minimum atomic E-state index is -0.694. The van der Waals surface area contributed by atoms with Crippen LogP contribution in [0.2, 0.25) is 0 Å². The Kier molecular flexibility index (Phi) is 5.13. The molecule has 0 aliphatic heterocycles. The molecule has 8 nitrogen and oxygen atoms in total. The molecule has 2 rings (SSSR count). The van der Waals surface area contributed by atoms with E-state index in [1.54, 1.807) is 0 Å². The molecule has 21 heavy (non-hydrogen) atoms.